The molecule has 0 unspecified atom stereocenters. The second-order valence-electron chi connectivity index (χ2n) is 6.45. The van der Waals surface area contributed by atoms with Gasteiger partial charge in [0.1, 0.15) is 5.02 Å². The van der Waals surface area contributed by atoms with Crippen molar-refractivity contribution in [3.63, 3.8) is 0 Å². The molecular formula is C22H14Cl2N4O2. The Morgan fingerprint density at radius 1 is 0.833 bits per heavy atom. The fourth-order valence-corrected chi connectivity index (χ4v) is 3.57. The first kappa shape index (κ1) is 19.8. The lowest BCUT2D eigenvalue weighted by Crippen LogP contribution is -1.98. The van der Waals surface area contributed by atoms with Gasteiger partial charge >= 0.3 is 0 Å². The number of pyridine rings is 2. The highest BCUT2D eigenvalue weighted by molar-refractivity contribution is 6.34. The molecule has 0 aliphatic carbocycles. The maximum atomic E-state index is 11.2. The minimum absolute atomic E-state index is 0.0459. The van der Waals surface area contributed by atoms with Gasteiger partial charge < -0.3 is 5.73 Å². The fourth-order valence-electron chi connectivity index (χ4n) is 3.16. The van der Waals surface area contributed by atoms with Crippen molar-refractivity contribution in [3.8, 4) is 33.6 Å². The van der Waals surface area contributed by atoms with E-state index in [1.54, 1.807) is 30.6 Å². The maximum Gasteiger partial charge on any atom is 0.288 e. The fraction of sp³-hybridized carbons (Fsp3) is 0. The van der Waals surface area contributed by atoms with E-state index in [9.17, 15) is 10.1 Å². The van der Waals surface area contributed by atoms with Gasteiger partial charge in [-0.1, -0.05) is 41.4 Å². The number of aromatic nitrogens is 2. The van der Waals surface area contributed by atoms with E-state index in [4.69, 9.17) is 28.9 Å². The summed E-state index contributed by atoms with van der Waals surface area (Å²) in [7, 11) is 0. The Hall–Kier alpha value is -3.48. The predicted octanol–water partition coefficient (Wildman–Crippen LogP) is 6.27. The summed E-state index contributed by atoms with van der Waals surface area (Å²) < 4.78 is 0. The Morgan fingerprint density at radius 2 is 1.60 bits per heavy atom. The molecule has 0 fully saturated rings. The second-order valence-corrected chi connectivity index (χ2v) is 7.27. The highest BCUT2D eigenvalue weighted by atomic mass is 35.5. The highest BCUT2D eigenvalue weighted by Crippen LogP contribution is 2.39. The number of hydrogen-bond acceptors (Lipinski definition) is 5. The molecule has 30 heavy (non-hydrogen) atoms. The number of nitrogen functional groups attached to an aromatic ring is 1. The molecule has 2 aromatic heterocycles. The van der Waals surface area contributed by atoms with Gasteiger partial charge in [-0.2, -0.15) is 0 Å². The second kappa shape index (κ2) is 8.10. The molecule has 0 saturated carbocycles. The normalized spacial score (nSPS) is 10.7. The van der Waals surface area contributed by atoms with Crippen LogP contribution in [0.5, 0.6) is 0 Å². The van der Waals surface area contributed by atoms with Gasteiger partial charge in [-0.05, 0) is 36.4 Å². The molecule has 0 amide bonds. The lowest BCUT2D eigenvalue weighted by Gasteiger charge is -2.13. The van der Waals surface area contributed by atoms with E-state index >= 15 is 0 Å². The number of benzene rings is 2. The van der Waals surface area contributed by atoms with Crippen LogP contribution in [-0.2, 0) is 0 Å². The lowest BCUT2D eigenvalue weighted by atomic mass is 9.98. The van der Waals surface area contributed by atoms with Crippen LogP contribution in [0.2, 0.25) is 10.0 Å². The average molecular weight is 437 g/mol. The van der Waals surface area contributed by atoms with Gasteiger partial charge in [0, 0.05) is 45.7 Å². The molecular weight excluding hydrogens is 423 g/mol. The number of nitro benzene ring substituents is 1. The SMILES string of the molecule is Nc1c(-c2cc(-c3ccccn3)ccc2Cl)ccnc1-c1ccc(Cl)c([N+](=O)[O-])c1. The van der Waals surface area contributed by atoms with Crippen LogP contribution in [0.1, 0.15) is 0 Å². The lowest BCUT2D eigenvalue weighted by molar-refractivity contribution is -0.384. The number of nitro groups is 1. The summed E-state index contributed by atoms with van der Waals surface area (Å²) >= 11 is 12.4. The van der Waals surface area contributed by atoms with E-state index in [0.29, 0.717) is 33.1 Å². The zero-order valence-electron chi connectivity index (χ0n) is 15.4. The van der Waals surface area contributed by atoms with Gasteiger partial charge in [0.25, 0.3) is 5.69 Å². The van der Waals surface area contributed by atoms with Crippen LogP contribution in [0.15, 0.2) is 73.1 Å². The van der Waals surface area contributed by atoms with Crippen molar-refractivity contribution < 1.29 is 4.92 Å². The van der Waals surface area contributed by atoms with Crippen LogP contribution in [0.4, 0.5) is 11.4 Å². The standard InChI is InChI=1S/C22H14Cl2N4O2/c23-17-6-4-13(19-3-1-2-9-26-19)11-16(17)15-8-10-27-22(21(15)25)14-5-7-18(24)20(12-14)28(29)30/h1-12H,25H2. The van der Waals surface area contributed by atoms with Gasteiger partial charge in [0.05, 0.1) is 22.0 Å². The smallest absolute Gasteiger partial charge is 0.288 e. The molecule has 0 aliphatic rings. The summed E-state index contributed by atoms with van der Waals surface area (Å²) in [5.74, 6) is 0. The van der Waals surface area contributed by atoms with E-state index in [2.05, 4.69) is 9.97 Å². The molecule has 148 valence electrons. The third-order valence-corrected chi connectivity index (χ3v) is 5.27. The molecule has 0 spiro atoms. The number of halogens is 2. The van der Waals surface area contributed by atoms with Crippen LogP contribution in [0.3, 0.4) is 0 Å². The molecule has 0 radical (unpaired) electrons. The minimum Gasteiger partial charge on any atom is -0.396 e. The summed E-state index contributed by atoms with van der Waals surface area (Å²) in [6.45, 7) is 0. The van der Waals surface area contributed by atoms with Crippen LogP contribution >= 0.6 is 23.2 Å². The van der Waals surface area contributed by atoms with Gasteiger partial charge in [0.2, 0.25) is 0 Å². The minimum atomic E-state index is -0.543. The Labute approximate surface area is 182 Å². The molecule has 8 heteroatoms. The van der Waals surface area contributed by atoms with E-state index in [1.165, 1.54) is 12.1 Å². The summed E-state index contributed by atoms with van der Waals surface area (Å²) in [4.78, 5) is 19.4. The van der Waals surface area contributed by atoms with Crippen LogP contribution in [-0.4, -0.2) is 14.9 Å². The molecule has 2 aromatic carbocycles. The van der Waals surface area contributed by atoms with Crippen LogP contribution in [0, 0.1) is 10.1 Å². The van der Waals surface area contributed by atoms with E-state index in [1.807, 2.05) is 30.3 Å². The first-order valence-corrected chi connectivity index (χ1v) is 9.61. The first-order valence-electron chi connectivity index (χ1n) is 8.86. The molecule has 0 saturated heterocycles. The average Bonchev–Trinajstić information content (AvgIpc) is 2.75. The largest absolute Gasteiger partial charge is 0.396 e. The number of hydrogen-bond donors (Lipinski definition) is 1. The summed E-state index contributed by atoms with van der Waals surface area (Å²) in [5, 5.41) is 11.8. The predicted molar refractivity (Wildman–Crippen MR) is 119 cm³/mol. The Bertz CT molecular complexity index is 1260. The third kappa shape index (κ3) is 3.70. The number of anilines is 1. The highest BCUT2D eigenvalue weighted by Gasteiger charge is 2.18. The molecule has 0 bridgehead atoms. The van der Waals surface area contributed by atoms with Crippen molar-refractivity contribution in [1.82, 2.24) is 9.97 Å². The van der Waals surface area contributed by atoms with Crippen molar-refractivity contribution in [2.75, 3.05) is 5.73 Å². The summed E-state index contributed by atoms with van der Waals surface area (Å²) in [6, 6.07) is 17.4. The number of rotatable bonds is 4. The zero-order chi connectivity index (χ0) is 21.3. The van der Waals surface area contributed by atoms with Crippen LogP contribution in [0.25, 0.3) is 33.6 Å². The maximum absolute atomic E-state index is 11.2. The number of nitrogens with zero attached hydrogens (tertiary/aromatic N) is 3. The Kier molecular flexibility index (Phi) is 5.35. The summed E-state index contributed by atoms with van der Waals surface area (Å²) in [5.41, 5.74) is 10.5. The van der Waals surface area contributed by atoms with Crippen molar-refractivity contribution in [1.29, 1.82) is 0 Å². The van der Waals surface area contributed by atoms with Gasteiger partial charge in [0.15, 0.2) is 0 Å². The molecule has 2 heterocycles. The molecule has 6 nitrogen and oxygen atoms in total. The molecule has 4 rings (SSSR count). The molecule has 0 atom stereocenters. The Balaban J connectivity index is 1.85. The van der Waals surface area contributed by atoms with Crippen molar-refractivity contribution >= 4 is 34.6 Å². The van der Waals surface area contributed by atoms with E-state index in [-0.39, 0.29) is 10.7 Å². The Morgan fingerprint density at radius 3 is 2.33 bits per heavy atom. The van der Waals surface area contributed by atoms with Crippen LogP contribution < -0.4 is 5.73 Å². The van der Waals surface area contributed by atoms with Crippen molar-refractivity contribution in [2.45, 2.75) is 0 Å². The summed E-state index contributed by atoms with van der Waals surface area (Å²) in [6.07, 6.45) is 3.31. The zero-order valence-corrected chi connectivity index (χ0v) is 16.9. The van der Waals surface area contributed by atoms with E-state index < -0.39 is 4.92 Å². The van der Waals surface area contributed by atoms with Crippen molar-refractivity contribution in [2.24, 2.45) is 0 Å². The first-order chi connectivity index (χ1) is 14.5. The van der Waals surface area contributed by atoms with Crippen molar-refractivity contribution in [3.05, 3.63) is 93.2 Å². The van der Waals surface area contributed by atoms with Gasteiger partial charge in [-0.3, -0.25) is 20.1 Å². The molecule has 4 aromatic rings. The van der Waals surface area contributed by atoms with E-state index in [0.717, 1.165) is 11.3 Å². The monoisotopic (exact) mass is 436 g/mol. The number of nitrogens with two attached hydrogens (primary N) is 1. The quantitative estimate of drug-likeness (QED) is 0.300. The third-order valence-electron chi connectivity index (χ3n) is 4.62. The van der Waals surface area contributed by atoms with Gasteiger partial charge in [-0.15, -0.1) is 0 Å². The molecule has 2 N–H and O–H groups in total. The molecule has 0 aliphatic heterocycles. The topological polar surface area (TPSA) is 94.9 Å². The van der Waals surface area contributed by atoms with Gasteiger partial charge in [-0.25, -0.2) is 0 Å².